The second-order valence-electron chi connectivity index (χ2n) is 5.90. The van der Waals surface area contributed by atoms with Crippen LogP contribution in [0.1, 0.15) is 24.8 Å². The first kappa shape index (κ1) is 15.0. The molecule has 0 aliphatic carbocycles. The molecule has 1 atom stereocenters. The topological polar surface area (TPSA) is 46.1 Å². The van der Waals surface area contributed by atoms with Gasteiger partial charge in [-0.3, -0.25) is 4.99 Å². The number of aliphatic imine (C=N–C) groups is 1. The van der Waals surface area contributed by atoms with E-state index in [-0.39, 0.29) is 0 Å². The second-order valence-corrected chi connectivity index (χ2v) is 5.90. The van der Waals surface area contributed by atoms with Crippen LogP contribution < -0.4 is 14.8 Å². The first-order valence-corrected chi connectivity index (χ1v) is 8.07. The van der Waals surface area contributed by atoms with Crippen molar-refractivity contribution in [1.29, 1.82) is 0 Å². The van der Waals surface area contributed by atoms with Crippen molar-refractivity contribution < 1.29 is 9.47 Å². The van der Waals surface area contributed by atoms with Gasteiger partial charge < -0.3 is 19.7 Å². The van der Waals surface area contributed by atoms with Gasteiger partial charge in [0.2, 0.25) is 0 Å². The van der Waals surface area contributed by atoms with E-state index in [0.717, 1.165) is 43.5 Å². The van der Waals surface area contributed by atoms with E-state index in [1.165, 1.54) is 24.8 Å². The maximum Gasteiger partial charge on any atom is 0.194 e. The third kappa shape index (κ3) is 3.29. The Kier molecular flexibility index (Phi) is 4.71. The van der Waals surface area contributed by atoms with Gasteiger partial charge in [0.25, 0.3) is 0 Å². The lowest BCUT2D eigenvalue weighted by Gasteiger charge is -2.32. The molecule has 0 unspecified atom stereocenters. The smallest absolute Gasteiger partial charge is 0.194 e. The van der Waals surface area contributed by atoms with Crippen molar-refractivity contribution in [3.8, 4) is 11.5 Å². The van der Waals surface area contributed by atoms with Crippen molar-refractivity contribution >= 4 is 5.96 Å². The molecule has 1 saturated heterocycles. The van der Waals surface area contributed by atoms with E-state index in [4.69, 9.17) is 9.47 Å². The maximum absolute atomic E-state index is 5.32. The van der Waals surface area contributed by atoms with E-state index in [0.29, 0.717) is 6.04 Å². The van der Waals surface area contributed by atoms with Gasteiger partial charge in [-0.15, -0.1) is 0 Å². The summed E-state index contributed by atoms with van der Waals surface area (Å²) in [5, 5.41) is 3.50. The van der Waals surface area contributed by atoms with Crippen LogP contribution >= 0.6 is 0 Å². The van der Waals surface area contributed by atoms with Crippen molar-refractivity contribution in [2.45, 2.75) is 31.7 Å². The normalized spacial score (nSPS) is 20.4. The molecule has 2 aliphatic heterocycles. The second kappa shape index (κ2) is 6.90. The largest absolute Gasteiger partial charge is 0.497 e. The summed E-state index contributed by atoms with van der Waals surface area (Å²) in [4.78, 5) is 7.10. The number of nitrogens with one attached hydrogen (secondary N) is 1. The molecule has 0 bridgehead atoms. The number of guanidine groups is 1. The number of benzene rings is 1. The van der Waals surface area contributed by atoms with Crippen molar-refractivity contribution in [3.63, 3.8) is 0 Å². The van der Waals surface area contributed by atoms with Crippen LogP contribution in [0.5, 0.6) is 11.5 Å². The molecule has 3 rings (SSSR count). The lowest BCUT2D eigenvalue weighted by Crippen LogP contribution is -2.46. The zero-order chi connectivity index (χ0) is 15.4. The number of fused-ring (bicyclic) bond motifs is 1. The van der Waals surface area contributed by atoms with Gasteiger partial charge in [0, 0.05) is 19.2 Å². The summed E-state index contributed by atoms with van der Waals surface area (Å²) >= 11 is 0. The van der Waals surface area contributed by atoms with Gasteiger partial charge in [-0.25, -0.2) is 0 Å². The summed E-state index contributed by atoms with van der Waals surface area (Å²) < 4.78 is 10.6. The van der Waals surface area contributed by atoms with Gasteiger partial charge in [-0.05, 0) is 43.4 Å². The monoisotopic (exact) mass is 303 g/mol. The number of hydrogen-bond acceptors (Lipinski definition) is 5. The number of nitrogens with zero attached hydrogens (tertiary/aromatic N) is 2. The first-order chi connectivity index (χ1) is 10.8. The van der Waals surface area contributed by atoms with Gasteiger partial charge in [-0.2, -0.15) is 0 Å². The molecule has 1 N–H and O–H groups in total. The highest BCUT2D eigenvalue weighted by atomic mass is 16.5. The molecule has 2 heterocycles. The molecule has 0 saturated carbocycles. The molecule has 0 spiro atoms. The number of ether oxygens (including phenoxy) is 2. The molecule has 0 aromatic heterocycles. The third-order valence-electron chi connectivity index (χ3n) is 4.46. The van der Waals surface area contributed by atoms with Crippen LogP contribution in [-0.4, -0.2) is 50.8 Å². The van der Waals surface area contributed by atoms with Crippen LogP contribution in [0.15, 0.2) is 23.2 Å². The Balaban J connectivity index is 1.55. The Morgan fingerprint density at radius 2 is 1.95 bits per heavy atom. The van der Waals surface area contributed by atoms with Gasteiger partial charge in [0.05, 0.1) is 26.8 Å². The summed E-state index contributed by atoms with van der Waals surface area (Å²) in [5.74, 6) is 2.76. The lowest BCUT2D eigenvalue weighted by atomic mass is 10.0. The van der Waals surface area contributed by atoms with Crippen molar-refractivity contribution in [1.82, 2.24) is 10.2 Å². The third-order valence-corrected chi connectivity index (χ3v) is 4.46. The Morgan fingerprint density at radius 1 is 1.18 bits per heavy atom. The van der Waals surface area contributed by atoms with Crippen molar-refractivity contribution in [2.75, 3.05) is 33.9 Å². The Hall–Kier alpha value is -1.91. The highest BCUT2D eigenvalue weighted by Crippen LogP contribution is 2.23. The first-order valence-electron chi connectivity index (χ1n) is 8.07. The summed E-state index contributed by atoms with van der Waals surface area (Å²) in [6, 6.07) is 6.65. The van der Waals surface area contributed by atoms with Crippen LogP contribution in [0.4, 0.5) is 0 Å². The van der Waals surface area contributed by atoms with Crippen LogP contribution in [0.2, 0.25) is 0 Å². The fourth-order valence-corrected chi connectivity index (χ4v) is 3.24. The minimum atomic E-state index is 0.633. The van der Waals surface area contributed by atoms with Gasteiger partial charge in [0.15, 0.2) is 5.96 Å². The molecular formula is C17H25N3O2. The van der Waals surface area contributed by atoms with Crippen LogP contribution in [0, 0.1) is 0 Å². The fraction of sp³-hybridized carbons (Fsp3) is 0.588. The lowest BCUT2D eigenvalue weighted by molar-refractivity contribution is 0.262. The Labute approximate surface area is 132 Å². The summed E-state index contributed by atoms with van der Waals surface area (Å²) in [5.41, 5.74) is 1.21. The molecule has 22 heavy (non-hydrogen) atoms. The molecule has 1 aromatic rings. The van der Waals surface area contributed by atoms with E-state index >= 15 is 0 Å². The number of rotatable bonds is 5. The van der Waals surface area contributed by atoms with Gasteiger partial charge in [-0.1, -0.05) is 0 Å². The standard InChI is InChI=1S/C17H25N3O2/c1-21-15-9-13(10-16(11-15)22-2)6-7-18-17-19-12-14-5-3-4-8-20(14)17/h9-11,14H,3-8,12H2,1-2H3,(H,18,19)/t14-/m1/s1. The maximum atomic E-state index is 5.32. The summed E-state index contributed by atoms with van der Waals surface area (Å²) in [6.07, 6.45) is 4.82. The Bertz CT molecular complexity index is 522. The Morgan fingerprint density at radius 3 is 2.68 bits per heavy atom. The van der Waals surface area contributed by atoms with E-state index in [1.807, 2.05) is 6.07 Å². The predicted molar refractivity (Wildman–Crippen MR) is 87.9 cm³/mol. The number of piperidine rings is 1. The molecule has 5 nitrogen and oxygen atoms in total. The zero-order valence-corrected chi connectivity index (χ0v) is 13.5. The number of hydrogen-bond donors (Lipinski definition) is 1. The SMILES string of the molecule is COc1cc(CCNC2=NC[C@H]3CCCCN23)cc(OC)c1. The molecule has 120 valence electrons. The number of methoxy groups -OCH3 is 2. The average Bonchev–Trinajstić information content (AvgIpc) is 2.98. The average molecular weight is 303 g/mol. The van der Waals surface area contributed by atoms with Gasteiger partial charge in [0.1, 0.15) is 11.5 Å². The van der Waals surface area contributed by atoms with Crippen LogP contribution in [0.25, 0.3) is 0 Å². The molecule has 1 fully saturated rings. The van der Waals surface area contributed by atoms with Gasteiger partial charge >= 0.3 is 0 Å². The minimum absolute atomic E-state index is 0.633. The van der Waals surface area contributed by atoms with Crippen LogP contribution in [-0.2, 0) is 6.42 Å². The van der Waals surface area contributed by atoms with E-state index in [9.17, 15) is 0 Å². The highest BCUT2D eigenvalue weighted by Gasteiger charge is 2.29. The molecule has 5 heteroatoms. The quantitative estimate of drug-likeness (QED) is 0.904. The van der Waals surface area contributed by atoms with E-state index < -0.39 is 0 Å². The predicted octanol–water partition coefficient (Wildman–Crippen LogP) is 2.06. The molecule has 2 aliphatic rings. The van der Waals surface area contributed by atoms with E-state index in [1.54, 1.807) is 14.2 Å². The highest BCUT2D eigenvalue weighted by molar-refractivity contribution is 5.82. The van der Waals surface area contributed by atoms with Crippen molar-refractivity contribution in [3.05, 3.63) is 23.8 Å². The summed E-state index contributed by atoms with van der Waals surface area (Å²) in [7, 11) is 3.36. The summed E-state index contributed by atoms with van der Waals surface area (Å²) in [6.45, 7) is 2.97. The molecule has 1 aromatic carbocycles. The van der Waals surface area contributed by atoms with Crippen molar-refractivity contribution in [2.24, 2.45) is 4.99 Å². The zero-order valence-electron chi connectivity index (χ0n) is 13.5. The van der Waals surface area contributed by atoms with E-state index in [2.05, 4.69) is 27.3 Å². The van der Waals surface area contributed by atoms with Crippen LogP contribution in [0.3, 0.4) is 0 Å². The fourth-order valence-electron chi connectivity index (χ4n) is 3.24. The molecular weight excluding hydrogens is 278 g/mol. The molecule has 0 radical (unpaired) electrons. The minimum Gasteiger partial charge on any atom is -0.497 e. The molecule has 0 amide bonds.